The van der Waals surface area contributed by atoms with Gasteiger partial charge in [0.2, 0.25) is 0 Å². The van der Waals surface area contributed by atoms with Crippen molar-refractivity contribution in [3.8, 4) is 0 Å². The van der Waals surface area contributed by atoms with Gasteiger partial charge in [0.05, 0.1) is 5.29 Å². The van der Waals surface area contributed by atoms with E-state index < -0.39 is 0 Å². The minimum atomic E-state index is 0.155. The van der Waals surface area contributed by atoms with Crippen molar-refractivity contribution in [1.82, 2.24) is 15.5 Å². The molecule has 0 aliphatic heterocycles. The van der Waals surface area contributed by atoms with Crippen LogP contribution in [0.4, 0.5) is 0 Å². The van der Waals surface area contributed by atoms with Gasteiger partial charge < -0.3 is 10.6 Å². The molecule has 0 fully saturated rings. The van der Waals surface area contributed by atoms with E-state index in [9.17, 15) is 0 Å². The lowest BCUT2D eigenvalue weighted by atomic mass is 10.0. The Morgan fingerprint density at radius 2 is 1.71 bits per heavy atom. The molecule has 3 nitrogen and oxygen atoms in total. The van der Waals surface area contributed by atoms with Crippen LogP contribution in [0.3, 0.4) is 0 Å². The summed E-state index contributed by atoms with van der Waals surface area (Å²) in [6.45, 7) is 11.1. The van der Waals surface area contributed by atoms with E-state index in [1.807, 2.05) is 7.05 Å². The normalized spacial score (nSPS) is 17.4. The van der Waals surface area contributed by atoms with E-state index in [4.69, 9.17) is 0 Å². The fourth-order valence-corrected chi connectivity index (χ4v) is 3.57. The Bertz CT molecular complexity index is 167. The molecule has 0 amide bonds. The van der Waals surface area contributed by atoms with Crippen LogP contribution in [-0.2, 0) is 0 Å². The van der Waals surface area contributed by atoms with E-state index in [1.165, 1.54) is 0 Å². The average molecular weight is 217 g/mol. The Hall–Kier alpha value is 0.0969. The molecule has 14 heavy (non-hydrogen) atoms. The molecular formula is C10H27N3Si. The number of nitrogens with zero attached hydrogens (tertiary/aromatic N) is 1. The molecule has 0 aromatic carbocycles. The molecular weight excluding hydrogens is 190 g/mol. The zero-order valence-electron chi connectivity index (χ0n) is 10.9. The molecule has 2 N–H and O–H groups in total. The van der Waals surface area contributed by atoms with Gasteiger partial charge in [-0.2, -0.15) is 0 Å². The van der Waals surface area contributed by atoms with Crippen LogP contribution in [0.2, 0.25) is 0 Å². The molecule has 0 bridgehead atoms. The van der Waals surface area contributed by atoms with Crippen LogP contribution in [0.15, 0.2) is 0 Å². The summed E-state index contributed by atoms with van der Waals surface area (Å²) in [5.74, 6) is 0. The summed E-state index contributed by atoms with van der Waals surface area (Å²) in [5, 5.41) is 6.89. The first-order valence-corrected chi connectivity index (χ1v) is 6.43. The summed E-state index contributed by atoms with van der Waals surface area (Å²) in [4.78, 5) is 2.53. The molecule has 0 radical (unpaired) electrons. The van der Waals surface area contributed by atoms with Gasteiger partial charge in [-0.05, 0) is 41.4 Å². The molecule has 1 unspecified atom stereocenters. The molecule has 86 valence electrons. The highest BCUT2D eigenvalue weighted by Crippen LogP contribution is 2.20. The molecule has 0 aliphatic carbocycles. The minimum Gasteiger partial charge on any atom is -0.317 e. The molecule has 1 atom stereocenters. The number of likely N-dealkylation sites (N-methyl/N-ethyl adjacent to an activating group) is 3. The lowest BCUT2D eigenvalue weighted by Gasteiger charge is -2.48. The van der Waals surface area contributed by atoms with Gasteiger partial charge in [-0.25, -0.2) is 0 Å². The fourth-order valence-electron chi connectivity index (χ4n) is 2.23. The highest BCUT2D eigenvalue weighted by Gasteiger charge is 2.35. The van der Waals surface area contributed by atoms with Crippen molar-refractivity contribution in [2.75, 3.05) is 27.2 Å². The third-order valence-corrected chi connectivity index (χ3v) is 4.17. The molecule has 0 aliphatic rings. The number of nitrogens with one attached hydrogen (secondary N) is 2. The topological polar surface area (TPSA) is 27.3 Å². The largest absolute Gasteiger partial charge is 0.317 e. The quantitative estimate of drug-likeness (QED) is 0.483. The summed E-state index contributed by atoms with van der Waals surface area (Å²) >= 11 is 0. The fraction of sp³-hybridized carbons (Fsp3) is 1.00. The Kier molecular flexibility index (Phi) is 5.29. The summed E-state index contributed by atoms with van der Waals surface area (Å²) in [7, 11) is 5.17. The van der Waals surface area contributed by atoms with Crippen LogP contribution in [0.5, 0.6) is 0 Å². The van der Waals surface area contributed by atoms with E-state index in [0.717, 1.165) is 23.3 Å². The monoisotopic (exact) mass is 217 g/mol. The summed E-state index contributed by atoms with van der Waals surface area (Å²) in [6, 6.07) is 0. The van der Waals surface area contributed by atoms with Crippen molar-refractivity contribution < 1.29 is 0 Å². The molecule has 0 rings (SSSR count). The van der Waals surface area contributed by atoms with Crippen molar-refractivity contribution in [1.29, 1.82) is 0 Å². The molecule has 0 aromatic heterocycles. The molecule has 0 saturated carbocycles. The van der Waals surface area contributed by atoms with Gasteiger partial charge in [0.15, 0.2) is 0 Å². The molecule has 0 spiro atoms. The third kappa shape index (κ3) is 3.35. The van der Waals surface area contributed by atoms with E-state index in [2.05, 4.69) is 50.3 Å². The van der Waals surface area contributed by atoms with Crippen molar-refractivity contribution >= 4 is 10.2 Å². The lowest BCUT2D eigenvalue weighted by molar-refractivity contribution is 0.0462. The number of hydrogen-bond donors (Lipinski definition) is 2. The smallest absolute Gasteiger partial charge is 0.0623 e. The molecule has 0 aromatic rings. The highest BCUT2D eigenvalue weighted by atomic mass is 28.1. The Labute approximate surface area is 92.1 Å². The Morgan fingerprint density at radius 1 is 1.21 bits per heavy atom. The molecule has 0 saturated heterocycles. The van der Waals surface area contributed by atoms with E-state index in [1.54, 1.807) is 0 Å². The van der Waals surface area contributed by atoms with E-state index in [-0.39, 0.29) is 10.8 Å². The molecule has 4 heteroatoms. The van der Waals surface area contributed by atoms with Gasteiger partial charge in [0.25, 0.3) is 0 Å². The second-order valence-electron chi connectivity index (χ2n) is 4.97. The zero-order chi connectivity index (χ0) is 11.4. The van der Waals surface area contributed by atoms with Gasteiger partial charge >= 0.3 is 0 Å². The maximum atomic E-state index is 3.46. The zero-order valence-corrected chi connectivity index (χ0v) is 12.9. The average Bonchev–Trinajstić information content (AvgIpc) is 2.03. The second kappa shape index (κ2) is 5.26. The van der Waals surface area contributed by atoms with Gasteiger partial charge in [0, 0.05) is 22.3 Å². The summed E-state index contributed by atoms with van der Waals surface area (Å²) < 4.78 is 0. The van der Waals surface area contributed by atoms with Gasteiger partial charge in [0.1, 0.15) is 0 Å². The van der Waals surface area contributed by atoms with E-state index in [0.29, 0.717) is 0 Å². The van der Waals surface area contributed by atoms with Crippen molar-refractivity contribution in [2.24, 2.45) is 0 Å². The van der Waals surface area contributed by atoms with Gasteiger partial charge in [-0.1, -0.05) is 6.92 Å². The predicted octanol–water partition coefficient (Wildman–Crippen LogP) is -0.435. The second-order valence-corrected chi connectivity index (χ2v) is 6.62. The molecule has 0 heterocycles. The van der Waals surface area contributed by atoms with Crippen LogP contribution in [0, 0.1) is 0 Å². The number of rotatable bonds is 5. The lowest BCUT2D eigenvalue weighted by Crippen LogP contribution is -2.68. The Balaban J connectivity index is 4.77. The van der Waals surface area contributed by atoms with E-state index >= 15 is 0 Å². The van der Waals surface area contributed by atoms with Crippen LogP contribution in [0.25, 0.3) is 0 Å². The highest BCUT2D eigenvalue weighted by molar-refractivity contribution is 6.15. The standard InChI is InChI=1S/C10H27N3Si/c1-7-13(9(2,3)4)10(14,12-6)8-11-5/h11-12H,7-8H2,1-6,14H3. The SMILES string of the molecule is CCN(C(C)(C)C)C([SiH3])(CNC)NC. The maximum absolute atomic E-state index is 3.46. The maximum Gasteiger partial charge on any atom is 0.0623 e. The van der Waals surface area contributed by atoms with Crippen molar-refractivity contribution in [2.45, 2.75) is 38.5 Å². The first kappa shape index (κ1) is 14.1. The van der Waals surface area contributed by atoms with Gasteiger partial charge in [-0.15, -0.1) is 0 Å². The van der Waals surface area contributed by atoms with Gasteiger partial charge in [-0.3, -0.25) is 4.90 Å². The minimum absolute atomic E-state index is 0.155. The van der Waals surface area contributed by atoms with Crippen molar-refractivity contribution in [3.63, 3.8) is 0 Å². The van der Waals surface area contributed by atoms with Crippen LogP contribution < -0.4 is 10.6 Å². The third-order valence-electron chi connectivity index (χ3n) is 2.78. The van der Waals surface area contributed by atoms with Crippen LogP contribution in [0.1, 0.15) is 27.7 Å². The summed E-state index contributed by atoms with van der Waals surface area (Å²) in [5.41, 5.74) is 0.219. The Morgan fingerprint density at radius 3 is 1.93 bits per heavy atom. The van der Waals surface area contributed by atoms with Crippen LogP contribution >= 0.6 is 0 Å². The van der Waals surface area contributed by atoms with Crippen molar-refractivity contribution in [3.05, 3.63) is 0 Å². The first-order chi connectivity index (χ1) is 6.31. The first-order valence-electron chi connectivity index (χ1n) is 5.43. The summed E-state index contributed by atoms with van der Waals surface area (Å²) in [6.07, 6.45) is 0. The van der Waals surface area contributed by atoms with Crippen LogP contribution in [-0.4, -0.2) is 53.2 Å². The number of hydrogen-bond acceptors (Lipinski definition) is 3. The predicted molar refractivity (Wildman–Crippen MR) is 67.8 cm³/mol.